The monoisotopic (exact) mass is 380 g/mol. The fourth-order valence-electron chi connectivity index (χ4n) is 3.51. The first-order valence-corrected chi connectivity index (χ1v) is 9.64. The van der Waals surface area contributed by atoms with Crippen LogP contribution in [0, 0.1) is 0 Å². The third kappa shape index (κ3) is 3.62. The molecule has 142 valence electrons. The van der Waals surface area contributed by atoms with Crippen LogP contribution < -0.4 is 15.0 Å². The minimum absolute atomic E-state index is 0.696. The van der Waals surface area contributed by atoms with Gasteiger partial charge in [-0.3, -0.25) is 0 Å². The fraction of sp³-hybridized carbons (Fsp3) is 0.0833. The van der Waals surface area contributed by atoms with E-state index in [1.54, 1.807) is 6.20 Å². The van der Waals surface area contributed by atoms with Crippen LogP contribution >= 0.6 is 0 Å². The highest BCUT2D eigenvalue weighted by atomic mass is 16.5. The number of ether oxygens (including phenoxy) is 1. The normalized spacial score (nSPS) is 12.5. The van der Waals surface area contributed by atoms with Crippen LogP contribution in [0.2, 0.25) is 0 Å². The second-order valence-electron chi connectivity index (χ2n) is 6.81. The van der Waals surface area contributed by atoms with Crippen LogP contribution in [0.25, 0.3) is 0 Å². The van der Waals surface area contributed by atoms with E-state index in [9.17, 15) is 0 Å². The van der Waals surface area contributed by atoms with Gasteiger partial charge in [-0.2, -0.15) is 4.98 Å². The van der Waals surface area contributed by atoms with E-state index in [1.165, 1.54) is 11.3 Å². The summed E-state index contributed by atoms with van der Waals surface area (Å²) in [5, 5.41) is 3.38. The molecule has 0 radical (unpaired) electrons. The highest BCUT2D eigenvalue weighted by Gasteiger charge is 2.22. The van der Waals surface area contributed by atoms with Crippen molar-refractivity contribution in [1.29, 1.82) is 0 Å². The van der Waals surface area contributed by atoms with Gasteiger partial charge in [0.15, 0.2) is 5.75 Å². The number of nitrogens with zero attached hydrogens (tertiary/aromatic N) is 3. The molecule has 5 rings (SSSR count). The summed E-state index contributed by atoms with van der Waals surface area (Å²) in [4.78, 5) is 11.4. The van der Waals surface area contributed by atoms with Crippen LogP contribution in [0.15, 0.2) is 91.1 Å². The van der Waals surface area contributed by atoms with E-state index < -0.39 is 0 Å². The first-order chi connectivity index (χ1) is 14.4. The van der Waals surface area contributed by atoms with Crippen molar-refractivity contribution < 1.29 is 4.74 Å². The lowest BCUT2D eigenvalue weighted by molar-refractivity contribution is 0.485. The van der Waals surface area contributed by atoms with Crippen molar-refractivity contribution in [2.45, 2.75) is 6.42 Å². The van der Waals surface area contributed by atoms with Crippen LogP contribution in [0.3, 0.4) is 0 Å². The van der Waals surface area contributed by atoms with Crippen LogP contribution in [0.1, 0.15) is 5.56 Å². The summed E-state index contributed by atoms with van der Waals surface area (Å²) in [6.45, 7) is 0.885. The summed E-state index contributed by atoms with van der Waals surface area (Å²) < 4.78 is 6.04. The topological polar surface area (TPSA) is 50.3 Å². The predicted molar refractivity (Wildman–Crippen MR) is 115 cm³/mol. The average molecular weight is 380 g/mol. The Labute approximate surface area is 169 Å². The van der Waals surface area contributed by atoms with Gasteiger partial charge in [-0.25, -0.2) is 4.98 Å². The Bertz CT molecular complexity index is 1130. The summed E-state index contributed by atoms with van der Waals surface area (Å²) in [6, 6.07) is 27.9. The molecule has 1 aliphatic rings. The average Bonchev–Trinajstić information content (AvgIpc) is 3.20. The van der Waals surface area contributed by atoms with E-state index in [0.29, 0.717) is 5.95 Å². The quantitative estimate of drug-likeness (QED) is 0.481. The smallest absolute Gasteiger partial charge is 0.231 e. The third-order valence-electron chi connectivity index (χ3n) is 4.89. The summed E-state index contributed by atoms with van der Waals surface area (Å²) >= 11 is 0. The summed E-state index contributed by atoms with van der Waals surface area (Å²) in [5.41, 5.74) is 3.36. The molecule has 1 N–H and O–H groups in total. The van der Waals surface area contributed by atoms with E-state index in [4.69, 9.17) is 9.72 Å². The van der Waals surface area contributed by atoms with Crippen molar-refractivity contribution in [1.82, 2.24) is 9.97 Å². The lowest BCUT2D eigenvalue weighted by Crippen LogP contribution is -2.16. The molecule has 0 bridgehead atoms. The molecule has 0 amide bonds. The number of nitrogens with one attached hydrogen (secondary N) is 1. The Morgan fingerprint density at radius 1 is 0.828 bits per heavy atom. The van der Waals surface area contributed by atoms with Gasteiger partial charge in [-0.1, -0.05) is 48.5 Å². The van der Waals surface area contributed by atoms with Gasteiger partial charge in [0.05, 0.1) is 5.69 Å². The number of para-hydroxylation sites is 4. The van der Waals surface area contributed by atoms with Crippen LogP contribution in [0.5, 0.6) is 11.5 Å². The number of aromatic nitrogens is 2. The Morgan fingerprint density at radius 2 is 1.62 bits per heavy atom. The van der Waals surface area contributed by atoms with Crippen molar-refractivity contribution in [3.8, 4) is 11.5 Å². The zero-order chi connectivity index (χ0) is 19.5. The van der Waals surface area contributed by atoms with Crippen LogP contribution in [-0.4, -0.2) is 16.5 Å². The Balaban J connectivity index is 1.41. The maximum atomic E-state index is 6.04. The molecule has 5 nitrogen and oxygen atoms in total. The van der Waals surface area contributed by atoms with E-state index in [1.807, 2.05) is 60.7 Å². The molecule has 2 heterocycles. The first-order valence-electron chi connectivity index (χ1n) is 9.64. The molecule has 0 atom stereocenters. The molecule has 0 unspecified atom stereocenters. The minimum atomic E-state index is 0.696. The Morgan fingerprint density at radius 3 is 2.55 bits per heavy atom. The van der Waals surface area contributed by atoms with Gasteiger partial charge >= 0.3 is 0 Å². The highest BCUT2D eigenvalue weighted by molar-refractivity contribution is 5.68. The molecule has 0 spiro atoms. The first kappa shape index (κ1) is 17.3. The number of fused-ring (bicyclic) bond motifs is 1. The van der Waals surface area contributed by atoms with E-state index in [0.717, 1.165) is 36.0 Å². The Hall–Kier alpha value is -3.86. The van der Waals surface area contributed by atoms with Crippen molar-refractivity contribution in [3.63, 3.8) is 0 Å². The number of anilines is 4. The summed E-state index contributed by atoms with van der Waals surface area (Å²) in [6.07, 6.45) is 2.79. The number of hydrogen-bond donors (Lipinski definition) is 1. The maximum Gasteiger partial charge on any atom is 0.231 e. The molecule has 0 aliphatic carbocycles. The van der Waals surface area contributed by atoms with Crippen molar-refractivity contribution in [2.24, 2.45) is 0 Å². The highest BCUT2D eigenvalue weighted by Crippen LogP contribution is 2.34. The molecule has 1 aliphatic heterocycles. The molecule has 0 saturated heterocycles. The second kappa shape index (κ2) is 7.64. The van der Waals surface area contributed by atoms with Gasteiger partial charge in [0.25, 0.3) is 0 Å². The minimum Gasteiger partial charge on any atom is -0.455 e. The zero-order valence-corrected chi connectivity index (χ0v) is 15.8. The molecule has 0 fully saturated rings. The third-order valence-corrected chi connectivity index (χ3v) is 4.89. The van der Waals surface area contributed by atoms with Gasteiger partial charge in [0.2, 0.25) is 5.95 Å². The van der Waals surface area contributed by atoms with Gasteiger partial charge in [0.1, 0.15) is 11.6 Å². The lowest BCUT2D eigenvalue weighted by Gasteiger charge is -2.18. The van der Waals surface area contributed by atoms with Crippen molar-refractivity contribution in [3.05, 3.63) is 96.7 Å². The molecule has 1 aromatic heterocycles. The molecule has 0 saturated carbocycles. The maximum absolute atomic E-state index is 6.04. The van der Waals surface area contributed by atoms with E-state index in [2.05, 4.69) is 39.5 Å². The van der Waals surface area contributed by atoms with Crippen molar-refractivity contribution >= 4 is 23.1 Å². The SMILES string of the molecule is c1ccc(Oc2ccccc2Nc2ccnc(N3CCc4ccccc43)n2)cc1. The lowest BCUT2D eigenvalue weighted by atomic mass is 10.2. The zero-order valence-electron chi connectivity index (χ0n) is 15.8. The number of hydrogen-bond acceptors (Lipinski definition) is 5. The number of rotatable bonds is 5. The molecular formula is C24H20N4O. The van der Waals surface area contributed by atoms with Gasteiger partial charge in [-0.05, 0) is 48.4 Å². The predicted octanol–water partition coefficient (Wildman–Crippen LogP) is 5.71. The van der Waals surface area contributed by atoms with Gasteiger partial charge in [0, 0.05) is 18.4 Å². The van der Waals surface area contributed by atoms with E-state index >= 15 is 0 Å². The molecule has 29 heavy (non-hydrogen) atoms. The summed E-state index contributed by atoms with van der Waals surface area (Å²) in [7, 11) is 0. The Kier molecular flexibility index (Phi) is 4.54. The molecule has 4 aromatic rings. The second-order valence-corrected chi connectivity index (χ2v) is 6.81. The van der Waals surface area contributed by atoms with Crippen molar-refractivity contribution in [2.75, 3.05) is 16.8 Å². The summed E-state index contributed by atoms with van der Waals surface area (Å²) in [5.74, 6) is 2.95. The van der Waals surface area contributed by atoms with Gasteiger partial charge < -0.3 is 15.0 Å². The molecular weight excluding hydrogens is 360 g/mol. The van der Waals surface area contributed by atoms with Crippen LogP contribution in [-0.2, 0) is 6.42 Å². The molecule has 3 aromatic carbocycles. The largest absolute Gasteiger partial charge is 0.455 e. The number of benzene rings is 3. The van der Waals surface area contributed by atoms with Crippen LogP contribution in [0.4, 0.5) is 23.1 Å². The fourth-order valence-corrected chi connectivity index (χ4v) is 3.51. The standard InChI is InChI=1S/C24H20N4O/c1-2-9-19(10-3-1)29-22-13-7-5-11-20(22)26-23-14-16-25-24(27-23)28-17-15-18-8-4-6-12-21(18)28/h1-14,16H,15,17H2,(H,25,26,27). The van der Waals surface area contributed by atoms with Gasteiger partial charge in [-0.15, -0.1) is 0 Å². The molecule has 5 heteroatoms. The van der Waals surface area contributed by atoms with E-state index in [-0.39, 0.29) is 0 Å².